The Kier molecular flexibility index (Phi) is 3.61. The lowest BCUT2D eigenvalue weighted by Gasteiger charge is -2.27. The molecule has 0 radical (unpaired) electrons. The van der Waals surface area contributed by atoms with Gasteiger partial charge in [-0.15, -0.1) is 0 Å². The first-order chi connectivity index (χ1) is 11.1. The van der Waals surface area contributed by atoms with Gasteiger partial charge < -0.3 is 4.74 Å². The van der Waals surface area contributed by atoms with E-state index in [0.29, 0.717) is 24.0 Å². The molecule has 0 saturated heterocycles. The molecule has 1 aliphatic heterocycles. The quantitative estimate of drug-likeness (QED) is 0.740. The number of halogens is 1. The molecule has 4 nitrogen and oxygen atoms in total. The van der Waals surface area contributed by atoms with E-state index in [2.05, 4.69) is 6.07 Å². The minimum Gasteiger partial charge on any atom is -0.479 e. The van der Waals surface area contributed by atoms with Crippen molar-refractivity contribution in [2.24, 2.45) is 0 Å². The predicted molar refractivity (Wildman–Crippen MR) is 79.5 cm³/mol. The Morgan fingerprint density at radius 2 is 1.65 bits per heavy atom. The van der Waals surface area contributed by atoms with E-state index in [4.69, 9.17) is 15.3 Å². The number of allylic oxidation sites excluding steroid dienone is 2. The van der Waals surface area contributed by atoms with Crippen molar-refractivity contribution < 1.29 is 9.13 Å². The number of hydrogen-bond donors (Lipinski definition) is 0. The van der Waals surface area contributed by atoms with Crippen LogP contribution in [0.2, 0.25) is 0 Å². The molecule has 1 aliphatic carbocycles. The first-order valence-corrected chi connectivity index (χ1v) is 7.30. The van der Waals surface area contributed by atoms with Crippen molar-refractivity contribution in [3.63, 3.8) is 0 Å². The van der Waals surface area contributed by atoms with Crippen LogP contribution in [0.3, 0.4) is 0 Å². The van der Waals surface area contributed by atoms with Crippen LogP contribution in [0.5, 0.6) is 0 Å². The molecule has 1 heterocycles. The molecule has 0 amide bonds. The van der Waals surface area contributed by atoms with Gasteiger partial charge in [0.05, 0.1) is 0 Å². The number of hydrogen-bond acceptors (Lipinski definition) is 4. The second kappa shape index (κ2) is 5.59. The van der Waals surface area contributed by atoms with E-state index in [1.165, 1.54) is 12.1 Å². The van der Waals surface area contributed by atoms with Crippen molar-refractivity contribution in [2.75, 3.05) is 0 Å². The van der Waals surface area contributed by atoms with Gasteiger partial charge in [-0.05, 0) is 43.4 Å². The van der Waals surface area contributed by atoms with Crippen LogP contribution in [0, 0.1) is 39.8 Å². The topological polar surface area (TPSA) is 80.6 Å². The summed E-state index contributed by atoms with van der Waals surface area (Å²) in [4.78, 5) is 0. The summed E-state index contributed by atoms with van der Waals surface area (Å²) in [7, 11) is 0. The maximum absolute atomic E-state index is 13.2. The molecule has 0 N–H and O–H groups in total. The lowest BCUT2D eigenvalue weighted by Crippen LogP contribution is -2.26. The molecule has 1 fully saturated rings. The highest BCUT2D eigenvalue weighted by molar-refractivity contribution is 5.84. The Bertz CT molecular complexity index is 822. The molecule has 0 bridgehead atoms. The van der Waals surface area contributed by atoms with Gasteiger partial charge in [-0.3, -0.25) is 0 Å². The van der Waals surface area contributed by atoms with Crippen molar-refractivity contribution in [3.05, 3.63) is 52.6 Å². The highest BCUT2D eigenvalue weighted by atomic mass is 19.1. The molecule has 23 heavy (non-hydrogen) atoms. The highest BCUT2D eigenvalue weighted by Gasteiger charge is 2.49. The molecule has 112 valence electrons. The van der Waals surface area contributed by atoms with E-state index in [1.54, 1.807) is 24.3 Å². The van der Waals surface area contributed by atoms with Gasteiger partial charge in [-0.1, -0.05) is 12.1 Å². The monoisotopic (exact) mass is 305 g/mol. The third kappa shape index (κ3) is 2.26. The van der Waals surface area contributed by atoms with Gasteiger partial charge in [0.15, 0.2) is 11.3 Å². The van der Waals surface area contributed by atoms with E-state index in [0.717, 1.165) is 12.8 Å². The van der Waals surface area contributed by atoms with Crippen molar-refractivity contribution in [3.8, 4) is 18.2 Å². The van der Waals surface area contributed by atoms with Crippen LogP contribution in [-0.4, -0.2) is 5.60 Å². The fourth-order valence-electron chi connectivity index (χ4n) is 3.37. The largest absolute Gasteiger partial charge is 0.479 e. The van der Waals surface area contributed by atoms with Gasteiger partial charge in [0, 0.05) is 5.57 Å². The molecule has 0 atom stereocenters. The van der Waals surface area contributed by atoms with Gasteiger partial charge in [0.2, 0.25) is 0 Å². The number of ether oxygens (including phenoxy) is 1. The van der Waals surface area contributed by atoms with Crippen LogP contribution < -0.4 is 0 Å². The molecular formula is C18H12FN3O. The third-order valence-electron chi connectivity index (χ3n) is 4.34. The van der Waals surface area contributed by atoms with Gasteiger partial charge >= 0.3 is 0 Å². The number of rotatable bonds is 1. The first kappa shape index (κ1) is 14.8. The number of nitrogens with zero attached hydrogens (tertiary/aromatic N) is 3. The van der Waals surface area contributed by atoms with Crippen LogP contribution in [0.1, 0.15) is 31.2 Å². The van der Waals surface area contributed by atoms with Crippen molar-refractivity contribution in [1.82, 2.24) is 0 Å². The zero-order chi connectivity index (χ0) is 16.4. The summed E-state index contributed by atoms with van der Waals surface area (Å²) in [6.45, 7) is 0. The predicted octanol–water partition coefficient (Wildman–Crippen LogP) is 3.75. The molecule has 1 aromatic rings. The van der Waals surface area contributed by atoms with E-state index >= 15 is 0 Å². The van der Waals surface area contributed by atoms with Gasteiger partial charge in [-0.2, -0.15) is 15.8 Å². The molecular weight excluding hydrogens is 293 g/mol. The van der Waals surface area contributed by atoms with Gasteiger partial charge in [-0.25, -0.2) is 4.39 Å². The van der Waals surface area contributed by atoms with E-state index in [1.807, 2.05) is 0 Å². The Morgan fingerprint density at radius 1 is 1.04 bits per heavy atom. The fraction of sp³-hybridized carbons (Fsp3) is 0.278. The summed E-state index contributed by atoms with van der Waals surface area (Å²) in [5.41, 5.74) is 0.657. The first-order valence-electron chi connectivity index (χ1n) is 7.30. The second-order valence-corrected chi connectivity index (χ2v) is 5.60. The number of nitriles is 3. The maximum atomic E-state index is 13.2. The molecule has 2 aliphatic rings. The van der Waals surface area contributed by atoms with Crippen LogP contribution in [0.15, 0.2) is 41.2 Å². The summed E-state index contributed by atoms with van der Waals surface area (Å²) >= 11 is 0. The van der Waals surface area contributed by atoms with Crippen LogP contribution in [0.4, 0.5) is 4.39 Å². The Morgan fingerprint density at radius 3 is 2.17 bits per heavy atom. The molecule has 1 spiro atoms. The Balaban J connectivity index is 2.28. The van der Waals surface area contributed by atoms with Crippen LogP contribution >= 0.6 is 0 Å². The summed E-state index contributed by atoms with van der Waals surface area (Å²) in [5, 5.41) is 27.9. The summed E-state index contributed by atoms with van der Waals surface area (Å²) in [5.74, 6) is -0.309. The maximum Gasteiger partial charge on any atom is 0.172 e. The van der Waals surface area contributed by atoms with Gasteiger partial charge in [0.25, 0.3) is 0 Å². The Hall–Kier alpha value is -3.10. The van der Waals surface area contributed by atoms with Crippen LogP contribution in [0.25, 0.3) is 5.57 Å². The highest BCUT2D eigenvalue weighted by Crippen LogP contribution is 2.53. The minimum atomic E-state index is -0.697. The molecule has 1 saturated carbocycles. The Labute approximate surface area is 133 Å². The molecule has 0 aromatic heterocycles. The average molecular weight is 305 g/mol. The third-order valence-corrected chi connectivity index (χ3v) is 4.34. The summed E-state index contributed by atoms with van der Waals surface area (Å²) in [6.07, 6.45) is 3.29. The lowest BCUT2D eigenvalue weighted by atomic mass is 9.85. The van der Waals surface area contributed by atoms with E-state index in [9.17, 15) is 9.65 Å². The standard InChI is InChI=1S/C18H12FN3O/c19-14-5-3-12(4-6-14)16-15(11-22)17(13(9-20)10-21)23-18(16)7-1-2-8-18/h3-6H,1-2,7-8H2. The van der Waals surface area contributed by atoms with Crippen molar-refractivity contribution in [1.29, 1.82) is 15.8 Å². The minimum absolute atomic E-state index is 0.0544. The van der Waals surface area contributed by atoms with Crippen molar-refractivity contribution >= 4 is 5.57 Å². The second-order valence-electron chi connectivity index (χ2n) is 5.60. The lowest BCUT2D eigenvalue weighted by molar-refractivity contribution is 0.0804. The SMILES string of the molecule is N#CC(C#N)=C1OC2(CCCC2)C(c2ccc(F)cc2)=C1C#N. The molecule has 1 aromatic carbocycles. The van der Waals surface area contributed by atoms with E-state index in [-0.39, 0.29) is 22.7 Å². The fourth-order valence-corrected chi connectivity index (χ4v) is 3.37. The van der Waals surface area contributed by atoms with Crippen molar-refractivity contribution in [2.45, 2.75) is 31.3 Å². The summed E-state index contributed by atoms with van der Waals surface area (Å²) < 4.78 is 19.2. The van der Waals surface area contributed by atoms with Gasteiger partial charge in [0.1, 0.15) is 35.2 Å². The van der Waals surface area contributed by atoms with Crippen LogP contribution in [-0.2, 0) is 4.74 Å². The smallest absolute Gasteiger partial charge is 0.172 e. The summed E-state index contributed by atoms with van der Waals surface area (Å²) in [6, 6.07) is 11.5. The zero-order valence-electron chi connectivity index (χ0n) is 12.3. The van der Waals surface area contributed by atoms with E-state index < -0.39 is 5.60 Å². The molecule has 0 unspecified atom stereocenters. The zero-order valence-corrected chi connectivity index (χ0v) is 12.3. The molecule has 5 heteroatoms. The number of benzene rings is 1. The molecule has 3 rings (SSSR count). The normalized spacial score (nSPS) is 18.3. The average Bonchev–Trinajstić information content (AvgIpc) is 3.15.